The zero-order valence-electron chi connectivity index (χ0n) is 15.7. The van der Waals surface area contributed by atoms with Gasteiger partial charge in [0.2, 0.25) is 0 Å². The highest BCUT2D eigenvalue weighted by Crippen LogP contribution is 2.14. The fourth-order valence-corrected chi connectivity index (χ4v) is 1.86. The number of benzene rings is 2. The Morgan fingerprint density at radius 1 is 0.870 bits per heavy atom. The Morgan fingerprint density at radius 2 is 1.30 bits per heavy atom. The molecule has 2 aromatic carbocycles. The van der Waals surface area contributed by atoms with E-state index in [0.717, 1.165) is 6.42 Å². The van der Waals surface area contributed by atoms with Gasteiger partial charge in [0.1, 0.15) is 0 Å². The summed E-state index contributed by atoms with van der Waals surface area (Å²) in [6, 6.07) is 15.5. The third-order valence-corrected chi connectivity index (χ3v) is 3.10. The van der Waals surface area contributed by atoms with Gasteiger partial charge in [-0.15, -0.1) is 13.2 Å². The van der Waals surface area contributed by atoms with Crippen LogP contribution in [0.5, 0.6) is 0 Å². The lowest BCUT2D eigenvalue weighted by Gasteiger charge is -2.06. The zero-order chi connectivity index (χ0) is 17.8. The molecule has 0 spiro atoms. The molecule has 0 N–H and O–H groups in total. The molecule has 0 unspecified atom stereocenters. The Balaban J connectivity index is 0.000000591. The van der Waals surface area contributed by atoms with Crippen molar-refractivity contribution >= 4 is 0 Å². The first-order chi connectivity index (χ1) is 10.8. The molecule has 0 saturated carbocycles. The Labute approximate surface area is 143 Å². The van der Waals surface area contributed by atoms with Crippen LogP contribution >= 0.6 is 0 Å². The lowest BCUT2D eigenvalue weighted by molar-refractivity contribution is 1.16. The normalized spacial score (nSPS) is 8.96. The van der Waals surface area contributed by atoms with Gasteiger partial charge in [0.25, 0.3) is 0 Å². The second-order valence-corrected chi connectivity index (χ2v) is 6.20. The lowest BCUT2D eigenvalue weighted by Crippen LogP contribution is -1.90. The maximum Gasteiger partial charge on any atom is -0.00257 e. The van der Waals surface area contributed by atoms with Crippen molar-refractivity contribution in [3.63, 3.8) is 0 Å². The van der Waals surface area contributed by atoms with E-state index in [4.69, 9.17) is 0 Å². The molecule has 0 aliphatic rings. The largest absolute Gasteiger partial charge is 0.103 e. The van der Waals surface area contributed by atoms with Crippen LogP contribution in [0, 0.1) is 20.8 Å². The second kappa shape index (κ2) is 11.5. The van der Waals surface area contributed by atoms with E-state index in [2.05, 4.69) is 76.4 Å². The predicted molar refractivity (Wildman–Crippen MR) is 106 cm³/mol. The van der Waals surface area contributed by atoms with Crippen molar-refractivity contribution in [1.82, 2.24) is 0 Å². The molecule has 23 heavy (non-hydrogen) atoms. The van der Waals surface area contributed by atoms with Crippen molar-refractivity contribution in [2.75, 3.05) is 0 Å². The third kappa shape index (κ3) is 10.3. The van der Waals surface area contributed by atoms with Crippen LogP contribution < -0.4 is 0 Å². The van der Waals surface area contributed by atoms with Gasteiger partial charge in [0, 0.05) is 0 Å². The first-order valence-electron chi connectivity index (χ1n) is 8.11. The van der Waals surface area contributed by atoms with Gasteiger partial charge in [-0.2, -0.15) is 0 Å². The fraction of sp³-hybridized carbons (Fsp3) is 0.304. The Morgan fingerprint density at radius 3 is 1.74 bits per heavy atom. The van der Waals surface area contributed by atoms with Crippen LogP contribution in [-0.2, 0) is 6.42 Å². The molecule has 0 aromatic heterocycles. The first-order valence-corrected chi connectivity index (χ1v) is 8.11. The standard InChI is InChI=1S/C16H18.C4H8.C3H6/c1-12-4-7-15(8-5-12)11-16-9-6-13(2)14(3)10-16;1-4(2)3;1-3-2/h4-10H,11H2,1-3H3;1H2,2-3H3;3H,1H2,2H3. The van der Waals surface area contributed by atoms with Crippen molar-refractivity contribution in [1.29, 1.82) is 0 Å². The summed E-state index contributed by atoms with van der Waals surface area (Å²) in [4.78, 5) is 0. The molecule has 2 aromatic rings. The van der Waals surface area contributed by atoms with Gasteiger partial charge >= 0.3 is 0 Å². The Hall–Kier alpha value is -2.08. The zero-order valence-corrected chi connectivity index (χ0v) is 15.7. The van der Waals surface area contributed by atoms with Crippen LogP contribution in [0.25, 0.3) is 0 Å². The van der Waals surface area contributed by atoms with Crippen LogP contribution in [0.3, 0.4) is 0 Å². The number of hydrogen-bond donors (Lipinski definition) is 0. The molecule has 124 valence electrons. The van der Waals surface area contributed by atoms with Crippen molar-refractivity contribution in [3.8, 4) is 0 Å². The van der Waals surface area contributed by atoms with E-state index in [1.807, 2.05) is 20.8 Å². The highest BCUT2D eigenvalue weighted by molar-refractivity contribution is 5.34. The van der Waals surface area contributed by atoms with Crippen molar-refractivity contribution in [3.05, 3.63) is 95.1 Å². The summed E-state index contributed by atoms with van der Waals surface area (Å²) in [5.74, 6) is 0. The van der Waals surface area contributed by atoms with E-state index in [1.165, 1.54) is 33.4 Å². The predicted octanol–water partition coefficient (Wildman–Crippen LogP) is 6.98. The van der Waals surface area contributed by atoms with Gasteiger partial charge in [-0.1, -0.05) is 59.7 Å². The SMILES string of the molecule is C=C(C)C.C=CC.Cc1ccc(Cc2ccc(C)c(C)c2)cc1. The average Bonchev–Trinajstić information content (AvgIpc) is 2.46. The first kappa shape index (κ1) is 20.9. The number of aryl methyl sites for hydroxylation is 3. The molecule has 0 nitrogen and oxygen atoms in total. The topological polar surface area (TPSA) is 0 Å². The highest BCUT2D eigenvalue weighted by atomic mass is 14.0. The van der Waals surface area contributed by atoms with Gasteiger partial charge < -0.3 is 0 Å². The summed E-state index contributed by atoms with van der Waals surface area (Å²) in [5, 5.41) is 0. The minimum absolute atomic E-state index is 1.03. The quantitative estimate of drug-likeness (QED) is 0.525. The summed E-state index contributed by atoms with van der Waals surface area (Å²) in [6.07, 6.45) is 2.78. The summed E-state index contributed by atoms with van der Waals surface area (Å²) in [5.41, 5.74) is 8.02. The smallest absolute Gasteiger partial charge is 0.00257 e. The van der Waals surface area contributed by atoms with E-state index in [1.54, 1.807) is 6.08 Å². The lowest BCUT2D eigenvalue weighted by atomic mass is 10.00. The van der Waals surface area contributed by atoms with Crippen LogP contribution in [0.2, 0.25) is 0 Å². The molecule has 0 aliphatic carbocycles. The average molecular weight is 309 g/mol. The van der Waals surface area contributed by atoms with Crippen LogP contribution in [0.4, 0.5) is 0 Å². The number of allylic oxidation sites excluding steroid dienone is 2. The van der Waals surface area contributed by atoms with Crippen LogP contribution in [-0.4, -0.2) is 0 Å². The molecule has 0 amide bonds. The van der Waals surface area contributed by atoms with Gasteiger partial charge in [-0.25, -0.2) is 0 Å². The Bertz CT molecular complexity index is 596. The van der Waals surface area contributed by atoms with E-state index in [0.29, 0.717) is 0 Å². The van der Waals surface area contributed by atoms with E-state index < -0.39 is 0 Å². The van der Waals surface area contributed by atoms with E-state index in [-0.39, 0.29) is 0 Å². The molecule has 0 atom stereocenters. The molecular weight excluding hydrogens is 276 g/mol. The summed E-state index contributed by atoms with van der Waals surface area (Å²) in [6.45, 7) is 19.2. The maximum atomic E-state index is 3.56. The molecule has 2 rings (SSSR count). The van der Waals surface area contributed by atoms with Crippen LogP contribution in [0.1, 0.15) is 48.6 Å². The molecule has 0 heterocycles. The maximum absolute atomic E-state index is 3.56. The summed E-state index contributed by atoms with van der Waals surface area (Å²) >= 11 is 0. The molecule has 0 heteroatoms. The molecule has 0 radical (unpaired) electrons. The summed E-state index contributed by atoms with van der Waals surface area (Å²) in [7, 11) is 0. The minimum atomic E-state index is 1.03. The molecule has 0 saturated heterocycles. The minimum Gasteiger partial charge on any atom is -0.103 e. The fourth-order valence-electron chi connectivity index (χ4n) is 1.86. The molecule has 0 bridgehead atoms. The van der Waals surface area contributed by atoms with Gasteiger partial charge in [-0.05, 0) is 70.2 Å². The molecule has 0 fully saturated rings. The van der Waals surface area contributed by atoms with Crippen molar-refractivity contribution in [2.24, 2.45) is 0 Å². The molecule has 0 aliphatic heterocycles. The van der Waals surface area contributed by atoms with Gasteiger partial charge in [-0.3, -0.25) is 0 Å². The summed E-state index contributed by atoms with van der Waals surface area (Å²) < 4.78 is 0. The Kier molecular flexibility index (Phi) is 10.4. The monoisotopic (exact) mass is 308 g/mol. The van der Waals surface area contributed by atoms with Crippen molar-refractivity contribution in [2.45, 2.75) is 48.0 Å². The number of rotatable bonds is 2. The van der Waals surface area contributed by atoms with Gasteiger partial charge in [0.05, 0.1) is 0 Å². The highest BCUT2D eigenvalue weighted by Gasteiger charge is 1.98. The van der Waals surface area contributed by atoms with E-state index >= 15 is 0 Å². The third-order valence-electron chi connectivity index (χ3n) is 3.10. The van der Waals surface area contributed by atoms with Crippen LogP contribution in [0.15, 0.2) is 67.3 Å². The molecular formula is C23H32. The number of hydrogen-bond acceptors (Lipinski definition) is 0. The van der Waals surface area contributed by atoms with E-state index in [9.17, 15) is 0 Å². The van der Waals surface area contributed by atoms with Crippen molar-refractivity contribution < 1.29 is 0 Å². The second-order valence-electron chi connectivity index (χ2n) is 6.20. The van der Waals surface area contributed by atoms with Gasteiger partial charge in [0.15, 0.2) is 0 Å².